The quantitative estimate of drug-likeness (QED) is 0.392. The fourth-order valence-electron chi connectivity index (χ4n) is 0.0833. The Morgan fingerprint density at radius 1 is 2.00 bits per heavy atom. The van der Waals surface area contributed by atoms with Crippen LogP contribution in [0.5, 0.6) is 0 Å². The van der Waals surface area contributed by atoms with Crippen molar-refractivity contribution < 1.29 is 4.43 Å². The summed E-state index contributed by atoms with van der Waals surface area (Å²) in [6, 6.07) is 0. The topological polar surface area (TPSA) is 9.23 Å². The van der Waals surface area contributed by atoms with Crippen LogP contribution < -0.4 is 0 Å². The standard InChI is InChI=1S/C3H6ClOSi/c1-2-3(4)5-6/h3H,2H2,1H3. The Morgan fingerprint density at radius 2 is 2.50 bits per heavy atom. The van der Waals surface area contributed by atoms with E-state index in [2.05, 4.69) is 14.9 Å². The van der Waals surface area contributed by atoms with Gasteiger partial charge in [0.2, 0.25) is 10.5 Å². The Hall–Kier alpha value is 0.467. The van der Waals surface area contributed by atoms with Gasteiger partial charge in [-0.1, -0.05) is 18.5 Å². The zero-order chi connectivity index (χ0) is 4.99. The molecule has 6 heavy (non-hydrogen) atoms. The summed E-state index contributed by atoms with van der Waals surface area (Å²) in [6.45, 7) is 1.94. The highest BCUT2D eigenvalue weighted by atomic mass is 35.5. The summed E-state index contributed by atoms with van der Waals surface area (Å²) >= 11 is 5.38. The molecular weight excluding hydrogens is 116 g/mol. The number of halogens is 1. The first-order chi connectivity index (χ1) is 2.81. The van der Waals surface area contributed by atoms with Gasteiger partial charge in [0.25, 0.3) is 0 Å². The van der Waals surface area contributed by atoms with E-state index >= 15 is 0 Å². The maximum atomic E-state index is 5.38. The van der Waals surface area contributed by atoms with E-state index < -0.39 is 0 Å². The molecule has 0 heterocycles. The van der Waals surface area contributed by atoms with Crippen LogP contribution in [0.2, 0.25) is 0 Å². The molecule has 0 aliphatic carbocycles. The molecule has 0 saturated carbocycles. The molecule has 0 aromatic carbocycles. The van der Waals surface area contributed by atoms with Crippen molar-refractivity contribution in [1.29, 1.82) is 0 Å². The molecule has 0 aromatic rings. The molecule has 1 unspecified atom stereocenters. The Labute approximate surface area is 46.2 Å². The van der Waals surface area contributed by atoms with Crippen molar-refractivity contribution in [3.63, 3.8) is 0 Å². The van der Waals surface area contributed by atoms with Gasteiger partial charge >= 0.3 is 0 Å². The molecule has 0 bridgehead atoms. The Balaban J connectivity index is 2.75. The first-order valence-corrected chi connectivity index (χ1v) is 2.62. The predicted octanol–water partition coefficient (Wildman–Crippen LogP) is 1.06. The molecule has 3 heteroatoms. The number of alkyl halides is 1. The lowest BCUT2D eigenvalue weighted by Crippen LogP contribution is -1.97. The molecule has 1 atom stereocenters. The van der Waals surface area contributed by atoms with E-state index in [1.165, 1.54) is 0 Å². The smallest absolute Gasteiger partial charge is 0.248 e. The van der Waals surface area contributed by atoms with Gasteiger partial charge in [0, 0.05) is 0 Å². The fraction of sp³-hybridized carbons (Fsp3) is 1.00. The van der Waals surface area contributed by atoms with Crippen LogP contribution in [0.3, 0.4) is 0 Å². The second-order valence-corrected chi connectivity index (χ2v) is 1.66. The minimum absolute atomic E-state index is 0.179. The van der Waals surface area contributed by atoms with Crippen LogP contribution in [-0.4, -0.2) is 16.0 Å². The molecule has 1 nitrogen and oxygen atoms in total. The number of rotatable bonds is 2. The molecule has 0 fully saturated rings. The lowest BCUT2D eigenvalue weighted by Gasteiger charge is -1.98. The van der Waals surface area contributed by atoms with Crippen molar-refractivity contribution >= 4 is 22.1 Å². The lowest BCUT2D eigenvalue weighted by molar-refractivity contribution is 0.305. The van der Waals surface area contributed by atoms with E-state index in [4.69, 9.17) is 11.6 Å². The summed E-state index contributed by atoms with van der Waals surface area (Å²) in [4.78, 5) is 0. The van der Waals surface area contributed by atoms with Gasteiger partial charge in [0.05, 0.1) is 0 Å². The third kappa shape index (κ3) is 2.69. The molecule has 0 spiro atoms. The van der Waals surface area contributed by atoms with E-state index in [9.17, 15) is 0 Å². The fourth-order valence-corrected chi connectivity index (χ4v) is 0.250. The van der Waals surface area contributed by atoms with Gasteiger partial charge in [-0.25, -0.2) is 0 Å². The molecule has 3 radical (unpaired) electrons. The molecule has 0 aromatic heterocycles. The molecule has 35 valence electrons. The molecule has 0 N–H and O–H groups in total. The monoisotopic (exact) mass is 121 g/mol. The average molecular weight is 122 g/mol. The van der Waals surface area contributed by atoms with Crippen LogP contribution in [0.4, 0.5) is 0 Å². The summed E-state index contributed by atoms with van der Waals surface area (Å²) in [7, 11) is 2.79. The second kappa shape index (κ2) is 3.65. The normalized spacial score (nSPS) is 14.5. The van der Waals surface area contributed by atoms with E-state index in [-0.39, 0.29) is 5.56 Å². The van der Waals surface area contributed by atoms with Crippen LogP contribution in [0.1, 0.15) is 13.3 Å². The van der Waals surface area contributed by atoms with Crippen LogP contribution in [0, 0.1) is 0 Å². The molecule has 0 amide bonds. The largest absolute Gasteiger partial charge is 0.403 e. The highest BCUT2D eigenvalue weighted by Crippen LogP contribution is 1.98. The van der Waals surface area contributed by atoms with Crippen LogP contribution in [0.15, 0.2) is 0 Å². The average Bonchev–Trinajstić information content (AvgIpc) is 1.65. The predicted molar refractivity (Wildman–Crippen MR) is 26.8 cm³/mol. The minimum atomic E-state index is -0.179. The van der Waals surface area contributed by atoms with Gasteiger partial charge in [-0.2, -0.15) is 0 Å². The SMILES string of the molecule is CCC(Cl)O[Si]. The first kappa shape index (κ1) is 6.47. The van der Waals surface area contributed by atoms with Crippen LogP contribution in [0.25, 0.3) is 0 Å². The van der Waals surface area contributed by atoms with Crippen molar-refractivity contribution in [1.82, 2.24) is 0 Å². The summed E-state index contributed by atoms with van der Waals surface area (Å²) in [5.41, 5.74) is -0.179. The van der Waals surface area contributed by atoms with Gasteiger partial charge in [0.1, 0.15) is 5.56 Å². The van der Waals surface area contributed by atoms with Crippen molar-refractivity contribution in [3.05, 3.63) is 0 Å². The third-order valence-electron chi connectivity index (χ3n) is 0.449. The van der Waals surface area contributed by atoms with Crippen molar-refractivity contribution in [2.24, 2.45) is 0 Å². The third-order valence-corrected chi connectivity index (χ3v) is 1.28. The molecule has 0 rings (SSSR count). The van der Waals surface area contributed by atoms with Crippen molar-refractivity contribution in [2.75, 3.05) is 0 Å². The van der Waals surface area contributed by atoms with E-state index in [1.54, 1.807) is 0 Å². The van der Waals surface area contributed by atoms with Crippen LogP contribution in [-0.2, 0) is 4.43 Å². The summed E-state index contributed by atoms with van der Waals surface area (Å²) in [5, 5.41) is 0. The van der Waals surface area contributed by atoms with Crippen LogP contribution >= 0.6 is 11.6 Å². The summed E-state index contributed by atoms with van der Waals surface area (Å²) in [5.74, 6) is 0. The molecule has 0 saturated heterocycles. The number of hydrogen-bond acceptors (Lipinski definition) is 1. The maximum absolute atomic E-state index is 5.38. The molecular formula is C3H6ClOSi. The van der Waals surface area contributed by atoms with E-state index in [0.29, 0.717) is 0 Å². The zero-order valence-electron chi connectivity index (χ0n) is 3.57. The number of hydrogen-bond donors (Lipinski definition) is 0. The molecule has 0 aliphatic heterocycles. The second-order valence-electron chi connectivity index (χ2n) is 0.936. The van der Waals surface area contributed by atoms with Gasteiger partial charge in [-0.05, 0) is 6.42 Å². The molecule has 0 aliphatic rings. The highest BCUT2D eigenvalue weighted by molar-refractivity contribution is 6.21. The summed E-state index contributed by atoms with van der Waals surface area (Å²) < 4.78 is 4.47. The Bertz CT molecular complexity index is 30.0. The minimum Gasteiger partial charge on any atom is -0.403 e. The van der Waals surface area contributed by atoms with Gasteiger partial charge in [-0.15, -0.1) is 0 Å². The Kier molecular flexibility index (Phi) is 3.93. The van der Waals surface area contributed by atoms with E-state index in [1.807, 2.05) is 6.92 Å². The lowest BCUT2D eigenvalue weighted by atomic mass is 10.5. The van der Waals surface area contributed by atoms with Crippen molar-refractivity contribution in [2.45, 2.75) is 18.9 Å². The highest BCUT2D eigenvalue weighted by Gasteiger charge is 1.91. The summed E-state index contributed by atoms with van der Waals surface area (Å²) in [6.07, 6.45) is 0.824. The van der Waals surface area contributed by atoms with Gasteiger partial charge in [0.15, 0.2) is 0 Å². The van der Waals surface area contributed by atoms with Crippen molar-refractivity contribution in [3.8, 4) is 0 Å². The first-order valence-electron chi connectivity index (χ1n) is 1.77. The zero-order valence-corrected chi connectivity index (χ0v) is 5.33. The Morgan fingerprint density at radius 3 is 2.50 bits per heavy atom. The van der Waals surface area contributed by atoms with Gasteiger partial charge < -0.3 is 4.43 Å². The van der Waals surface area contributed by atoms with Gasteiger partial charge in [-0.3, -0.25) is 0 Å². The van der Waals surface area contributed by atoms with E-state index in [0.717, 1.165) is 6.42 Å². The maximum Gasteiger partial charge on any atom is 0.248 e.